The smallest absolute Gasteiger partial charge is 0.122 e. The number of aromatic hydroxyl groups is 1. The highest BCUT2D eigenvalue weighted by Crippen LogP contribution is 2.25. The molecule has 1 saturated heterocycles. The van der Waals surface area contributed by atoms with Crippen LogP contribution in [0.15, 0.2) is 18.2 Å². The average Bonchev–Trinajstić information content (AvgIpc) is 2.23. The van der Waals surface area contributed by atoms with Gasteiger partial charge in [-0.2, -0.15) is 0 Å². The van der Waals surface area contributed by atoms with E-state index in [2.05, 4.69) is 18.7 Å². The minimum atomic E-state index is -0.0856. The van der Waals surface area contributed by atoms with Gasteiger partial charge in [0.2, 0.25) is 0 Å². The van der Waals surface area contributed by atoms with Crippen LogP contribution < -0.4 is 0 Å². The monoisotopic (exact) mass is 235 g/mol. The third kappa shape index (κ3) is 2.99. The number of morpholine rings is 1. The Labute approximate surface area is 103 Å². The second-order valence-electron chi connectivity index (χ2n) is 5.40. The van der Waals surface area contributed by atoms with Gasteiger partial charge in [-0.25, -0.2) is 0 Å². The highest BCUT2D eigenvalue weighted by molar-refractivity contribution is 5.39. The van der Waals surface area contributed by atoms with E-state index < -0.39 is 0 Å². The maximum Gasteiger partial charge on any atom is 0.122 e. The first kappa shape index (κ1) is 12.4. The first-order valence-corrected chi connectivity index (χ1v) is 6.12. The number of phenolic OH excluding ortho intramolecular Hbond substituents is 1. The molecule has 1 aromatic rings. The Kier molecular flexibility index (Phi) is 3.40. The molecule has 1 aliphatic rings. The molecule has 94 valence electrons. The van der Waals surface area contributed by atoms with E-state index in [9.17, 15) is 5.11 Å². The van der Waals surface area contributed by atoms with Crippen LogP contribution in [-0.2, 0) is 11.3 Å². The standard InChI is InChI=1S/C14H21NO2/c1-11-5-4-6-12(13(11)16)9-15-7-8-17-14(2,3)10-15/h4-6,16H,7-10H2,1-3H3. The summed E-state index contributed by atoms with van der Waals surface area (Å²) in [6, 6.07) is 5.92. The maximum atomic E-state index is 10.0. The maximum absolute atomic E-state index is 10.0. The zero-order valence-corrected chi connectivity index (χ0v) is 10.9. The third-order valence-corrected chi connectivity index (χ3v) is 3.22. The Hall–Kier alpha value is -1.06. The number of rotatable bonds is 2. The third-order valence-electron chi connectivity index (χ3n) is 3.22. The lowest BCUT2D eigenvalue weighted by Gasteiger charge is -2.38. The largest absolute Gasteiger partial charge is 0.507 e. The summed E-state index contributed by atoms with van der Waals surface area (Å²) in [4.78, 5) is 2.33. The van der Waals surface area contributed by atoms with Crippen LogP contribution in [0.25, 0.3) is 0 Å². The quantitative estimate of drug-likeness (QED) is 0.854. The molecule has 0 spiro atoms. The fourth-order valence-electron chi connectivity index (χ4n) is 2.34. The average molecular weight is 235 g/mol. The number of ether oxygens (including phenoxy) is 1. The molecule has 0 amide bonds. The van der Waals surface area contributed by atoms with E-state index in [1.165, 1.54) is 0 Å². The molecule has 0 aliphatic carbocycles. The molecule has 3 nitrogen and oxygen atoms in total. The van der Waals surface area contributed by atoms with Crippen molar-refractivity contribution in [3.8, 4) is 5.75 Å². The minimum absolute atomic E-state index is 0.0856. The summed E-state index contributed by atoms with van der Waals surface area (Å²) in [5.41, 5.74) is 1.86. The molecule has 0 atom stereocenters. The lowest BCUT2D eigenvalue weighted by Crippen LogP contribution is -2.47. The normalized spacial score (nSPS) is 20.4. The summed E-state index contributed by atoms with van der Waals surface area (Å²) in [6.45, 7) is 9.53. The van der Waals surface area contributed by atoms with Crippen LogP contribution in [0.1, 0.15) is 25.0 Å². The van der Waals surface area contributed by atoms with E-state index in [1.54, 1.807) is 0 Å². The van der Waals surface area contributed by atoms with Crippen molar-refractivity contribution >= 4 is 0 Å². The van der Waals surface area contributed by atoms with E-state index in [0.29, 0.717) is 5.75 Å². The lowest BCUT2D eigenvalue weighted by atomic mass is 10.1. The van der Waals surface area contributed by atoms with Crippen LogP contribution in [0.3, 0.4) is 0 Å². The van der Waals surface area contributed by atoms with Crippen molar-refractivity contribution in [3.63, 3.8) is 0 Å². The van der Waals surface area contributed by atoms with Gasteiger partial charge in [0.1, 0.15) is 5.75 Å². The summed E-state index contributed by atoms with van der Waals surface area (Å²) < 4.78 is 5.68. The lowest BCUT2D eigenvalue weighted by molar-refractivity contribution is -0.0883. The molecule has 1 aromatic carbocycles. The van der Waals surface area contributed by atoms with Crippen molar-refractivity contribution in [1.82, 2.24) is 4.90 Å². The molecule has 17 heavy (non-hydrogen) atoms. The zero-order chi connectivity index (χ0) is 12.5. The van der Waals surface area contributed by atoms with E-state index in [0.717, 1.165) is 37.4 Å². The van der Waals surface area contributed by atoms with Crippen LogP contribution in [0, 0.1) is 6.92 Å². The minimum Gasteiger partial charge on any atom is -0.507 e. The number of hydrogen-bond donors (Lipinski definition) is 1. The van der Waals surface area contributed by atoms with Gasteiger partial charge in [0, 0.05) is 25.2 Å². The summed E-state index contributed by atoms with van der Waals surface area (Å²) >= 11 is 0. The Morgan fingerprint density at radius 3 is 2.88 bits per heavy atom. The summed E-state index contributed by atoms with van der Waals surface area (Å²) in [6.07, 6.45) is 0. The molecule has 0 saturated carbocycles. The Morgan fingerprint density at radius 2 is 2.18 bits per heavy atom. The van der Waals surface area contributed by atoms with E-state index >= 15 is 0 Å². The fraction of sp³-hybridized carbons (Fsp3) is 0.571. The number of para-hydroxylation sites is 1. The molecule has 1 fully saturated rings. The molecule has 1 heterocycles. The van der Waals surface area contributed by atoms with Crippen molar-refractivity contribution in [3.05, 3.63) is 29.3 Å². The van der Waals surface area contributed by atoms with Crippen molar-refractivity contribution in [2.45, 2.75) is 32.9 Å². The molecular formula is C14H21NO2. The van der Waals surface area contributed by atoms with Gasteiger partial charge >= 0.3 is 0 Å². The molecule has 2 rings (SSSR count). The zero-order valence-electron chi connectivity index (χ0n) is 10.9. The van der Waals surface area contributed by atoms with Gasteiger partial charge in [0.25, 0.3) is 0 Å². The molecule has 0 aromatic heterocycles. The predicted octanol–water partition coefficient (Wildman–Crippen LogP) is 2.31. The van der Waals surface area contributed by atoms with Gasteiger partial charge < -0.3 is 9.84 Å². The van der Waals surface area contributed by atoms with Gasteiger partial charge in [-0.05, 0) is 26.3 Å². The summed E-state index contributed by atoms with van der Waals surface area (Å²) in [5.74, 6) is 0.428. The molecular weight excluding hydrogens is 214 g/mol. The van der Waals surface area contributed by atoms with Crippen molar-refractivity contribution in [2.75, 3.05) is 19.7 Å². The first-order valence-electron chi connectivity index (χ1n) is 6.12. The van der Waals surface area contributed by atoms with Gasteiger partial charge in [0.05, 0.1) is 12.2 Å². The van der Waals surface area contributed by atoms with Crippen LogP contribution >= 0.6 is 0 Å². The SMILES string of the molecule is Cc1cccc(CN2CCOC(C)(C)C2)c1O. The fourth-order valence-corrected chi connectivity index (χ4v) is 2.34. The Balaban J connectivity index is 2.08. The number of nitrogens with zero attached hydrogens (tertiary/aromatic N) is 1. The molecule has 1 N–H and O–H groups in total. The number of hydrogen-bond acceptors (Lipinski definition) is 3. The Bertz CT molecular complexity index is 401. The second-order valence-corrected chi connectivity index (χ2v) is 5.40. The van der Waals surface area contributed by atoms with Crippen molar-refractivity contribution in [1.29, 1.82) is 0 Å². The van der Waals surface area contributed by atoms with Gasteiger partial charge in [-0.1, -0.05) is 18.2 Å². The summed E-state index contributed by atoms with van der Waals surface area (Å²) in [5, 5.41) is 10.0. The second kappa shape index (κ2) is 4.67. The highest BCUT2D eigenvalue weighted by Gasteiger charge is 2.27. The molecule has 0 bridgehead atoms. The van der Waals surface area contributed by atoms with Crippen molar-refractivity contribution < 1.29 is 9.84 Å². The van der Waals surface area contributed by atoms with E-state index in [1.807, 2.05) is 25.1 Å². The van der Waals surface area contributed by atoms with Gasteiger partial charge in [-0.15, -0.1) is 0 Å². The van der Waals surface area contributed by atoms with Crippen LogP contribution in [0.4, 0.5) is 0 Å². The number of aryl methyl sites for hydroxylation is 1. The van der Waals surface area contributed by atoms with Crippen molar-refractivity contribution in [2.24, 2.45) is 0 Å². The van der Waals surface area contributed by atoms with Crippen LogP contribution in [-0.4, -0.2) is 35.3 Å². The van der Waals surface area contributed by atoms with Gasteiger partial charge in [-0.3, -0.25) is 4.90 Å². The first-order chi connectivity index (χ1) is 7.98. The molecule has 1 aliphatic heterocycles. The number of benzene rings is 1. The van der Waals surface area contributed by atoms with E-state index in [-0.39, 0.29) is 5.60 Å². The van der Waals surface area contributed by atoms with Crippen LogP contribution in [0.2, 0.25) is 0 Å². The molecule has 3 heteroatoms. The highest BCUT2D eigenvalue weighted by atomic mass is 16.5. The predicted molar refractivity (Wildman–Crippen MR) is 68.2 cm³/mol. The Morgan fingerprint density at radius 1 is 1.41 bits per heavy atom. The van der Waals surface area contributed by atoms with Gasteiger partial charge in [0.15, 0.2) is 0 Å². The number of phenols is 1. The molecule has 0 radical (unpaired) electrons. The topological polar surface area (TPSA) is 32.7 Å². The molecule has 0 unspecified atom stereocenters. The van der Waals surface area contributed by atoms with Crippen LogP contribution in [0.5, 0.6) is 5.75 Å². The summed E-state index contributed by atoms with van der Waals surface area (Å²) in [7, 11) is 0. The van der Waals surface area contributed by atoms with E-state index in [4.69, 9.17) is 4.74 Å².